The van der Waals surface area contributed by atoms with Crippen LogP contribution in [-0.4, -0.2) is 60.5 Å². The van der Waals surface area contributed by atoms with Crippen molar-refractivity contribution in [2.45, 2.75) is 25.6 Å². The van der Waals surface area contributed by atoms with Crippen LogP contribution in [0.25, 0.3) is 0 Å². The lowest BCUT2D eigenvalue weighted by molar-refractivity contribution is -0.142. The monoisotopic (exact) mass is 428 g/mol. The van der Waals surface area contributed by atoms with E-state index >= 15 is 0 Å². The summed E-state index contributed by atoms with van der Waals surface area (Å²) < 4.78 is 11.4. The zero-order valence-electron chi connectivity index (χ0n) is 16.8. The molecule has 0 bridgehead atoms. The Bertz CT molecular complexity index is 888. The van der Waals surface area contributed by atoms with Crippen molar-refractivity contribution in [1.29, 1.82) is 0 Å². The lowest BCUT2D eigenvalue weighted by Crippen LogP contribution is -2.52. The summed E-state index contributed by atoms with van der Waals surface area (Å²) in [4.78, 5) is 29.2. The molecule has 2 aromatic carbocycles. The van der Waals surface area contributed by atoms with Gasteiger partial charge in [-0.3, -0.25) is 9.59 Å². The standard InChI is InChI=1S/C23H25ClN2O4/c24-18-9-7-17(8-10-18)16-30-20-5-2-1-4-19(20)22(27)25-11-13-26(14-12-25)23(28)21-6-3-15-29-21/h1-2,4-5,7-10,21H,3,6,11-16H2. The zero-order chi connectivity index (χ0) is 20.9. The third kappa shape index (κ3) is 4.77. The Labute approximate surface area is 181 Å². The van der Waals surface area contributed by atoms with Crippen LogP contribution in [-0.2, 0) is 16.1 Å². The molecule has 1 atom stereocenters. The molecule has 0 N–H and O–H groups in total. The number of benzene rings is 2. The van der Waals surface area contributed by atoms with Gasteiger partial charge in [-0.15, -0.1) is 0 Å². The van der Waals surface area contributed by atoms with Crippen molar-refractivity contribution in [3.8, 4) is 5.75 Å². The second-order valence-electron chi connectivity index (χ2n) is 7.53. The third-order valence-corrected chi connectivity index (χ3v) is 5.76. The number of rotatable bonds is 5. The van der Waals surface area contributed by atoms with E-state index in [1.807, 2.05) is 41.3 Å². The molecule has 2 aromatic rings. The maximum absolute atomic E-state index is 13.1. The van der Waals surface area contributed by atoms with E-state index in [1.54, 1.807) is 17.0 Å². The summed E-state index contributed by atoms with van der Waals surface area (Å²) in [6.45, 7) is 3.06. The Morgan fingerprint density at radius 2 is 1.70 bits per heavy atom. The van der Waals surface area contributed by atoms with Crippen LogP contribution >= 0.6 is 11.6 Å². The van der Waals surface area contributed by atoms with Gasteiger partial charge in [0.1, 0.15) is 18.5 Å². The maximum atomic E-state index is 13.1. The highest BCUT2D eigenvalue weighted by Gasteiger charge is 2.32. The Balaban J connectivity index is 1.36. The lowest BCUT2D eigenvalue weighted by Gasteiger charge is -2.36. The summed E-state index contributed by atoms with van der Waals surface area (Å²) in [5.41, 5.74) is 1.51. The summed E-state index contributed by atoms with van der Waals surface area (Å²) in [5, 5.41) is 0.673. The lowest BCUT2D eigenvalue weighted by atomic mass is 10.1. The van der Waals surface area contributed by atoms with E-state index in [0.717, 1.165) is 18.4 Å². The van der Waals surface area contributed by atoms with E-state index < -0.39 is 0 Å². The minimum absolute atomic E-state index is 0.0475. The van der Waals surface area contributed by atoms with Crippen molar-refractivity contribution in [2.75, 3.05) is 32.8 Å². The molecule has 2 aliphatic heterocycles. The summed E-state index contributed by atoms with van der Waals surface area (Å²) in [6, 6.07) is 14.7. The molecule has 0 aromatic heterocycles. The number of carbonyl (C=O) groups is 2. The summed E-state index contributed by atoms with van der Waals surface area (Å²) >= 11 is 5.93. The number of nitrogens with zero attached hydrogens (tertiary/aromatic N) is 2. The van der Waals surface area contributed by atoms with Crippen molar-refractivity contribution < 1.29 is 19.1 Å². The van der Waals surface area contributed by atoms with E-state index in [2.05, 4.69) is 0 Å². The average molecular weight is 429 g/mol. The predicted molar refractivity (Wildman–Crippen MR) is 114 cm³/mol. The number of piperazine rings is 1. The number of para-hydroxylation sites is 1. The smallest absolute Gasteiger partial charge is 0.257 e. The van der Waals surface area contributed by atoms with Gasteiger partial charge in [-0.1, -0.05) is 35.9 Å². The fourth-order valence-corrected chi connectivity index (χ4v) is 3.91. The van der Waals surface area contributed by atoms with Gasteiger partial charge >= 0.3 is 0 Å². The van der Waals surface area contributed by atoms with Gasteiger partial charge in [-0.2, -0.15) is 0 Å². The normalized spacial score (nSPS) is 19.0. The number of halogens is 1. The first-order valence-electron chi connectivity index (χ1n) is 10.3. The van der Waals surface area contributed by atoms with Crippen molar-refractivity contribution in [2.24, 2.45) is 0 Å². The highest BCUT2D eigenvalue weighted by atomic mass is 35.5. The second-order valence-corrected chi connectivity index (χ2v) is 7.97. The van der Waals surface area contributed by atoms with Gasteiger partial charge in [0.15, 0.2) is 0 Å². The molecule has 0 saturated carbocycles. The Kier molecular flexibility index (Phi) is 6.55. The fraction of sp³-hybridized carbons (Fsp3) is 0.391. The number of carbonyl (C=O) groups excluding carboxylic acids is 2. The minimum atomic E-state index is -0.311. The number of hydrogen-bond acceptors (Lipinski definition) is 4. The molecule has 30 heavy (non-hydrogen) atoms. The fourth-order valence-electron chi connectivity index (χ4n) is 3.79. The molecule has 2 aliphatic rings. The highest BCUT2D eigenvalue weighted by Crippen LogP contribution is 2.23. The quantitative estimate of drug-likeness (QED) is 0.732. The van der Waals surface area contributed by atoms with Gasteiger partial charge in [0, 0.05) is 37.8 Å². The van der Waals surface area contributed by atoms with Gasteiger partial charge in [-0.25, -0.2) is 0 Å². The van der Waals surface area contributed by atoms with E-state index in [4.69, 9.17) is 21.1 Å². The van der Waals surface area contributed by atoms with E-state index in [-0.39, 0.29) is 17.9 Å². The first kappa shape index (κ1) is 20.7. The second kappa shape index (κ2) is 9.49. The molecular formula is C23H25ClN2O4. The number of amides is 2. The molecule has 7 heteroatoms. The molecule has 4 rings (SSSR count). The molecule has 2 fully saturated rings. The molecule has 2 amide bonds. The number of ether oxygens (including phenoxy) is 2. The van der Waals surface area contributed by atoms with Gasteiger partial charge in [0.2, 0.25) is 0 Å². The van der Waals surface area contributed by atoms with Gasteiger partial charge in [0.05, 0.1) is 5.56 Å². The van der Waals surface area contributed by atoms with Crippen LogP contribution in [0.15, 0.2) is 48.5 Å². The molecule has 0 spiro atoms. The van der Waals surface area contributed by atoms with E-state index in [0.29, 0.717) is 55.7 Å². The first-order chi connectivity index (χ1) is 14.6. The molecule has 2 heterocycles. The summed E-state index contributed by atoms with van der Waals surface area (Å²) in [5.74, 6) is 0.521. The molecule has 158 valence electrons. The van der Waals surface area contributed by atoms with E-state index in [1.165, 1.54) is 0 Å². The molecule has 6 nitrogen and oxygen atoms in total. The molecular weight excluding hydrogens is 404 g/mol. The maximum Gasteiger partial charge on any atom is 0.257 e. The molecule has 1 unspecified atom stereocenters. The SMILES string of the molecule is O=C(c1ccccc1OCc1ccc(Cl)cc1)N1CCN(C(=O)C2CCCO2)CC1. The summed E-state index contributed by atoms with van der Waals surface area (Å²) in [7, 11) is 0. The van der Waals surface area contributed by atoms with Crippen LogP contribution in [0.5, 0.6) is 5.75 Å². The van der Waals surface area contributed by atoms with Crippen LogP contribution in [0.4, 0.5) is 0 Å². The van der Waals surface area contributed by atoms with Crippen LogP contribution in [0, 0.1) is 0 Å². The highest BCUT2D eigenvalue weighted by molar-refractivity contribution is 6.30. The van der Waals surface area contributed by atoms with Gasteiger partial charge < -0.3 is 19.3 Å². The zero-order valence-corrected chi connectivity index (χ0v) is 17.5. The van der Waals surface area contributed by atoms with Crippen LogP contribution in [0.2, 0.25) is 5.02 Å². The van der Waals surface area contributed by atoms with Crippen molar-refractivity contribution in [1.82, 2.24) is 9.80 Å². The topological polar surface area (TPSA) is 59.1 Å². The molecule has 0 aliphatic carbocycles. The Morgan fingerprint density at radius 3 is 2.40 bits per heavy atom. The Hall–Kier alpha value is -2.57. The predicted octanol–water partition coefficient (Wildman–Crippen LogP) is 3.38. The van der Waals surface area contributed by atoms with Gasteiger partial charge in [-0.05, 0) is 42.7 Å². The largest absolute Gasteiger partial charge is 0.488 e. The molecule has 2 saturated heterocycles. The number of hydrogen-bond donors (Lipinski definition) is 0. The first-order valence-corrected chi connectivity index (χ1v) is 10.7. The minimum Gasteiger partial charge on any atom is -0.488 e. The molecule has 0 radical (unpaired) electrons. The van der Waals surface area contributed by atoms with Crippen molar-refractivity contribution >= 4 is 23.4 Å². The Morgan fingerprint density at radius 1 is 1.00 bits per heavy atom. The average Bonchev–Trinajstić information content (AvgIpc) is 3.33. The van der Waals surface area contributed by atoms with Crippen LogP contribution < -0.4 is 4.74 Å². The third-order valence-electron chi connectivity index (χ3n) is 5.51. The van der Waals surface area contributed by atoms with Crippen molar-refractivity contribution in [3.05, 3.63) is 64.7 Å². The van der Waals surface area contributed by atoms with Crippen LogP contribution in [0.1, 0.15) is 28.8 Å². The van der Waals surface area contributed by atoms with Crippen molar-refractivity contribution in [3.63, 3.8) is 0 Å². The summed E-state index contributed by atoms with van der Waals surface area (Å²) in [6.07, 6.45) is 1.41. The van der Waals surface area contributed by atoms with E-state index in [9.17, 15) is 9.59 Å². The van der Waals surface area contributed by atoms with Gasteiger partial charge in [0.25, 0.3) is 11.8 Å². The van der Waals surface area contributed by atoms with Crippen LogP contribution in [0.3, 0.4) is 0 Å².